The maximum absolute atomic E-state index is 10.5. The Bertz CT molecular complexity index is 795. The Labute approximate surface area is 163 Å². The number of piperidine rings is 1. The number of anilines is 1. The number of benzene rings is 1. The van der Waals surface area contributed by atoms with E-state index in [1.54, 1.807) is 12.4 Å². The van der Waals surface area contributed by atoms with Gasteiger partial charge in [-0.1, -0.05) is 29.8 Å². The molecule has 3 rings (SSSR count). The van der Waals surface area contributed by atoms with E-state index in [1.807, 2.05) is 18.2 Å². The molecule has 1 saturated heterocycles. The van der Waals surface area contributed by atoms with Gasteiger partial charge < -0.3 is 15.3 Å². The van der Waals surface area contributed by atoms with Gasteiger partial charge in [0, 0.05) is 30.2 Å². The second-order valence-electron chi connectivity index (χ2n) is 6.62. The molecule has 6 nitrogen and oxygen atoms in total. The number of carboxylic acid groups (broad SMARTS) is 1. The van der Waals surface area contributed by atoms with Crippen molar-refractivity contribution < 1.29 is 9.90 Å². The molecule has 2 aromatic rings. The number of aromatic nitrogens is 2. The molecule has 0 unspecified atom stereocenters. The fourth-order valence-corrected chi connectivity index (χ4v) is 3.45. The molecule has 0 amide bonds. The first kappa shape index (κ1) is 19.3. The molecular formula is C20H23ClN4O2. The second kappa shape index (κ2) is 9.48. The molecular weight excluding hydrogens is 364 g/mol. The predicted octanol–water partition coefficient (Wildman–Crippen LogP) is 3.35. The summed E-state index contributed by atoms with van der Waals surface area (Å²) in [4.78, 5) is 21.5. The van der Waals surface area contributed by atoms with Gasteiger partial charge in [-0.2, -0.15) is 0 Å². The minimum Gasteiger partial charge on any atom is -0.478 e. The van der Waals surface area contributed by atoms with Crippen LogP contribution in [0.2, 0.25) is 5.02 Å². The highest BCUT2D eigenvalue weighted by molar-refractivity contribution is 6.31. The summed E-state index contributed by atoms with van der Waals surface area (Å²) < 4.78 is 0. The van der Waals surface area contributed by atoms with Crippen LogP contribution in [-0.2, 0) is 11.2 Å². The molecule has 1 aromatic heterocycles. The van der Waals surface area contributed by atoms with E-state index >= 15 is 0 Å². The highest BCUT2D eigenvalue weighted by Crippen LogP contribution is 2.18. The normalized spacial score (nSPS) is 17.9. The molecule has 0 spiro atoms. The Hall–Kier alpha value is -2.44. The molecule has 1 aliphatic rings. The molecule has 27 heavy (non-hydrogen) atoms. The van der Waals surface area contributed by atoms with Gasteiger partial charge in [0.1, 0.15) is 5.82 Å². The number of hydrogen-bond donors (Lipinski definition) is 2. The van der Waals surface area contributed by atoms with Crippen LogP contribution >= 0.6 is 11.6 Å². The van der Waals surface area contributed by atoms with Crippen LogP contribution < -0.4 is 5.32 Å². The lowest BCUT2D eigenvalue weighted by Gasteiger charge is -2.33. The molecule has 0 saturated carbocycles. The van der Waals surface area contributed by atoms with E-state index in [2.05, 4.69) is 26.3 Å². The van der Waals surface area contributed by atoms with Crippen LogP contribution in [0.5, 0.6) is 0 Å². The van der Waals surface area contributed by atoms with Crippen molar-refractivity contribution in [1.29, 1.82) is 0 Å². The Morgan fingerprint density at radius 1 is 1.33 bits per heavy atom. The molecule has 1 atom stereocenters. The molecule has 1 aliphatic heterocycles. The number of nitrogens with one attached hydrogen (secondary N) is 1. The molecule has 1 fully saturated rings. The first-order valence-corrected chi connectivity index (χ1v) is 9.43. The molecule has 7 heteroatoms. The van der Waals surface area contributed by atoms with E-state index in [4.69, 9.17) is 16.7 Å². The molecule has 0 aliphatic carbocycles. The van der Waals surface area contributed by atoms with E-state index in [-0.39, 0.29) is 0 Å². The molecule has 142 valence electrons. The summed E-state index contributed by atoms with van der Waals surface area (Å²) in [5.41, 5.74) is 1.71. The molecule has 2 heterocycles. The average Bonchev–Trinajstić information content (AvgIpc) is 2.67. The number of nitrogens with zero attached hydrogens (tertiary/aromatic N) is 3. The SMILES string of the molecule is O=C(O)C=Cc1cnc(N[C@@H]2CCCN(CCc3ccccc3Cl)C2)cn1. The van der Waals surface area contributed by atoms with Gasteiger partial charge in [0.2, 0.25) is 0 Å². The van der Waals surface area contributed by atoms with Crippen LogP contribution in [0.4, 0.5) is 5.82 Å². The van der Waals surface area contributed by atoms with Crippen molar-refractivity contribution in [2.75, 3.05) is 25.0 Å². The highest BCUT2D eigenvalue weighted by Gasteiger charge is 2.20. The Morgan fingerprint density at radius 3 is 2.93 bits per heavy atom. The lowest BCUT2D eigenvalue weighted by molar-refractivity contribution is -0.131. The van der Waals surface area contributed by atoms with Gasteiger partial charge in [-0.05, 0) is 43.5 Å². The van der Waals surface area contributed by atoms with Crippen molar-refractivity contribution in [3.63, 3.8) is 0 Å². The van der Waals surface area contributed by atoms with E-state index in [0.717, 1.165) is 50.0 Å². The summed E-state index contributed by atoms with van der Waals surface area (Å²) >= 11 is 6.25. The number of hydrogen-bond acceptors (Lipinski definition) is 5. The van der Waals surface area contributed by atoms with Crippen LogP contribution in [-0.4, -0.2) is 51.6 Å². The van der Waals surface area contributed by atoms with Crippen LogP contribution in [0, 0.1) is 0 Å². The minimum absolute atomic E-state index is 0.319. The van der Waals surface area contributed by atoms with Crippen molar-refractivity contribution in [1.82, 2.24) is 14.9 Å². The van der Waals surface area contributed by atoms with Gasteiger partial charge in [-0.3, -0.25) is 4.98 Å². The van der Waals surface area contributed by atoms with Gasteiger partial charge in [0.05, 0.1) is 18.1 Å². The number of aliphatic carboxylic acids is 1. The van der Waals surface area contributed by atoms with Gasteiger partial charge in [-0.15, -0.1) is 0 Å². The fraction of sp³-hybridized carbons (Fsp3) is 0.350. The summed E-state index contributed by atoms with van der Waals surface area (Å²) in [5, 5.41) is 12.9. The first-order chi connectivity index (χ1) is 13.1. The summed E-state index contributed by atoms with van der Waals surface area (Å²) in [5.74, 6) is -0.293. The zero-order chi connectivity index (χ0) is 19.1. The largest absolute Gasteiger partial charge is 0.478 e. The monoisotopic (exact) mass is 386 g/mol. The van der Waals surface area contributed by atoms with E-state index < -0.39 is 5.97 Å². The van der Waals surface area contributed by atoms with Crippen molar-refractivity contribution in [2.45, 2.75) is 25.3 Å². The lowest BCUT2D eigenvalue weighted by Crippen LogP contribution is -2.43. The summed E-state index contributed by atoms with van der Waals surface area (Å²) in [6.07, 6.45) is 8.85. The van der Waals surface area contributed by atoms with Gasteiger partial charge in [0.15, 0.2) is 0 Å². The smallest absolute Gasteiger partial charge is 0.328 e. The summed E-state index contributed by atoms with van der Waals surface area (Å²) in [6, 6.07) is 8.31. The zero-order valence-corrected chi connectivity index (χ0v) is 15.8. The number of carbonyl (C=O) groups is 1. The third kappa shape index (κ3) is 6.05. The zero-order valence-electron chi connectivity index (χ0n) is 15.0. The second-order valence-corrected chi connectivity index (χ2v) is 7.03. The van der Waals surface area contributed by atoms with E-state index in [9.17, 15) is 4.79 Å². The van der Waals surface area contributed by atoms with Crippen molar-refractivity contribution in [3.8, 4) is 0 Å². The van der Waals surface area contributed by atoms with Crippen molar-refractivity contribution in [2.24, 2.45) is 0 Å². The quantitative estimate of drug-likeness (QED) is 0.710. The Kier molecular flexibility index (Phi) is 6.79. The molecule has 0 radical (unpaired) electrons. The third-order valence-corrected chi connectivity index (χ3v) is 4.95. The van der Waals surface area contributed by atoms with Crippen LogP contribution in [0.3, 0.4) is 0 Å². The van der Waals surface area contributed by atoms with Gasteiger partial charge in [0.25, 0.3) is 0 Å². The lowest BCUT2D eigenvalue weighted by atomic mass is 10.0. The first-order valence-electron chi connectivity index (χ1n) is 9.05. The van der Waals surface area contributed by atoms with Crippen LogP contribution in [0.25, 0.3) is 6.08 Å². The average molecular weight is 387 g/mol. The highest BCUT2D eigenvalue weighted by atomic mass is 35.5. The summed E-state index contributed by atoms with van der Waals surface area (Å²) in [6.45, 7) is 3.02. The van der Waals surface area contributed by atoms with Crippen LogP contribution in [0.15, 0.2) is 42.7 Å². The number of halogens is 1. The molecule has 1 aromatic carbocycles. The molecule has 0 bridgehead atoms. The third-order valence-electron chi connectivity index (χ3n) is 4.58. The summed E-state index contributed by atoms with van der Waals surface area (Å²) in [7, 11) is 0. The van der Waals surface area contributed by atoms with Crippen molar-refractivity contribution in [3.05, 3.63) is 59.0 Å². The number of likely N-dealkylation sites (tertiary alicyclic amines) is 1. The molecule has 2 N–H and O–H groups in total. The Morgan fingerprint density at radius 2 is 2.19 bits per heavy atom. The van der Waals surface area contributed by atoms with Gasteiger partial charge >= 0.3 is 5.97 Å². The standard InChI is InChI=1S/C20H23ClN4O2/c21-18-6-2-1-4-15(18)9-11-25-10-3-5-17(14-25)24-19-13-22-16(12-23-19)7-8-20(26)27/h1-2,4,6-8,12-13,17H,3,5,9-11,14H2,(H,23,24)(H,26,27)/t17-/m1/s1. The number of rotatable bonds is 7. The predicted molar refractivity (Wildman–Crippen MR) is 107 cm³/mol. The maximum Gasteiger partial charge on any atom is 0.328 e. The Balaban J connectivity index is 1.50. The van der Waals surface area contributed by atoms with Crippen molar-refractivity contribution >= 4 is 29.5 Å². The van der Waals surface area contributed by atoms with Gasteiger partial charge in [-0.25, -0.2) is 9.78 Å². The topological polar surface area (TPSA) is 78.3 Å². The van der Waals surface area contributed by atoms with E-state index in [0.29, 0.717) is 17.6 Å². The maximum atomic E-state index is 10.5. The van der Waals surface area contributed by atoms with E-state index in [1.165, 1.54) is 11.6 Å². The van der Waals surface area contributed by atoms with Crippen LogP contribution in [0.1, 0.15) is 24.1 Å². The fourth-order valence-electron chi connectivity index (χ4n) is 3.22. The minimum atomic E-state index is -1.00. The number of carboxylic acids is 1.